The molecule has 0 spiro atoms. The van der Waals surface area contributed by atoms with Gasteiger partial charge in [0, 0.05) is 13.5 Å². The van der Waals surface area contributed by atoms with E-state index in [-0.39, 0.29) is 5.92 Å². The summed E-state index contributed by atoms with van der Waals surface area (Å²) in [5.41, 5.74) is 0.932. The van der Waals surface area contributed by atoms with Crippen LogP contribution in [-0.2, 0) is 11.8 Å². The van der Waals surface area contributed by atoms with Gasteiger partial charge in [-0.2, -0.15) is 0 Å². The molecule has 2 rings (SSSR count). The Morgan fingerprint density at radius 2 is 2.20 bits per heavy atom. The van der Waals surface area contributed by atoms with Gasteiger partial charge in [0.2, 0.25) is 0 Å². The second-order valence-corrected chi connectivity index (χ2v) is 4.76. The number of nitrogens with zero attached hydrogens (tertiary/aromatic N) is 3. The van der Waals surface area contributed by atoms with Gasteiger partial charge in [0.1, 0.15) is 5.78 Å². The topological polar surface area (TPSA) is 47.8 Å². The van der Waals surface area contributed by atoms with Crippen LogP contribution in [-0.4, -0.2) is 20.8 Å². The van der Waals surface area contributed by atoms with Crippen LogP contribution in [0.1, 0.15) is 43.7 Å². The van der Waals surface area contributed by atoms with Gasteiger partial charge in [-0.05, 0) is 28.8 Å². The van der Waals surface area contributed by atoms with Crippen molar-refractivity contribution in [2.75, 3.05) is 0 Å². The lowest BCUT2D eigenvalue weighted by Crippen LogP contribution is -2.14. The van der Waals surface area contributed by atoms with E-state index in [1.165, 1.54) is 0 Å². The third-order valence-corrected chi connectivity index (χ3v) is 3.53. The van der Waals surface area contributed by atoms with E-state index >= 15 is 0 Å². The molecule has 5 heteroatoms. The van der Waals surface area contributed by atoms with Crippen LogP contribution in [0.5, 0.6) is 0 Å². The number of ketones is 1. The fourth-order valence-electron chi connectivity index (χ4n) is 2.16. The Morgan fingerprint density at radius 3 is 2.87 bits per heavy atom. The molecule has 0 aromatic carbocycles. The molecule has 0 N–H and O–H groups in total. The van der Waals surface area contributed by atoms with Crippen molar-refractivity contribution in [1.82, 2.24) is 15.0 Å². The largest absolute Gasteiger partial charge is 0.299 e. The van der Waals surface area contributed by atoms with Crippen LogP contribution in [0.2, 0.25) is 0 Å². The highest BCUT2D eigenvalue weighted by Gasteiger charge is 2.27. The van der Waals surface area contributed by atoms with Gasteiger partial charge >= 0.3 is 0 Å². The van der Waals surface area contributed by atoms with Crippen molar-refractivity contribution < 1.29 is 4.79 Å². The molecule has 4 nitrogen and oxygen atoms in total. The predicted octanol–water partition coefficient (Wildman–Crippen LogP) is 2.19. The minimum Gasteiger partial charge on any atom is -0.299 e. The molecule has 1 saturated carbocycles. The molecule has 1 aliphatic carbocycles. The SMILES string of the molecule is Cn1nnc(Br)c1C1CCCCCC1=O. The average Bonchev–Trinajstić information content (AvgIpc) is 2.42. The summed E-state index contributed by atoms with van der Waals surface area (Å²) in [5.74, 6) is 0.320. The summed E-state index contributed by atoms with van der Waals surface area (Å²) in [6.45, 7) is 0. The van der Waals surface area contributed by atoms with Crippen LogP contribution < -0.4 is 0 Å². The number of carbonyl (C=O) groups excluding carboxylic acids is 1. The first-order valence-corrected chi connectivity index (χ1v) is 6.07. The fourth-order valence-corrected chi connectivity index (χ4v) is 2.76. The van der Waals surface area contributed by atoms with Gasteiger partial charge in [0.05, 0.1) is 11.6 Å². The van der Waals surface area contributed by atoms with Crippen molar-refractivity contribution in [1.29, 1.82) is 0 Å². The quantitative estimate of drug-likeness (QED) is 0.736. The number of aromatic nitrogens is 3. The van der Waals surface area contributed by atoms with Crippen molar-refractivity contribution >= 4 is 21.7 Å². The van der Waals surface area contributed by atoms with Gasteiger partial charge in [0.15, 0.2) is 4.60 Å². The Bertz CT molecular complexity index is 355. The van der Waals surface area contributed by atoms with Crippen LogP contribution in [0.4, 0.5) is 0 Å². The molecule has 82 valence electrons. The summed E-state index contributed by atoms with van der Waals surface area (Å²) in [7, 11) is 1.84. The summed E-state index contributed by atoms with van der Waals surface area (Å²) in [5, 5.41) is 7.86. The first-order valence-electron chi connectivity index (χ1n) is 5.28. The summed E-state index contributed by atoms with van der Waals surface area (Å²) < 4.78 is 2.42. The highest BCUT2D eigenvalue weighted by atomic mass is 79.9. The molecule has 1 unspecified atom stereocenters. The lowest BCUT2D eigenvalue weighted by molar-refractivity contribution is -0.120. The lowest BCUT2D eigenvalue weighted by Gasteiger charge is -2.12. The van der Waals surface area contributed by atoms with Crippen LogP contribution in [0.3, 0.4) is 0 Å². The number of rotatable bonds is 1. The zero-order valence-corrected chi connectivity index (χ0v) is 10.3. The maximum Gasteiger partial charge on any atom is 0.152 e. The molecule has 1 aliphatic rings. The number of Topliss-reactive ketones (excluding diaryl/α,β-unsaturated/α-hetero) is 1. The van der Waals surface area contributed by atoms with Crippen molar-refractivity contribution in [3.05, 3.63) is 10.3 Å². The molecular weight excluding hydrogens is 258 g/mol. The molecule has 0 amide bonds. The van der Waals surface area contributed by atoms with Gasteiger partial charge in [0.25, 0.3) is 0 Å². The van der Waals surface area contributed by atoms with E-state index in [4.69, 9.17) is 0 Å². The smallest absolute Gasteiger partial charge is 0.152 e. The third kappa shape index (κ3) is 2.12. The molecule has 1 aromatic heterocycles. The summed E-state index contributed by atoms with van der Waals surface area (Å²) in [6, 6.07) is 0. The van der Waals surface area contributed by atoms with E-state index in [1.807, 2.05) is 7.05 Å². The second-order valence-electron chi connectivity index (χ2n) is 4.01. The van der Waals surface area contributed by atoms with E-state index in [2.05, 4.69) is 26.2 Å². The molecule has 1 atom stereocenters. The average molecular weight is 272 g/mol. The van der Waals surface area contributed by atoms with Crippen molar-refractivity contribution in [3.8, 4) is 0 Å². The number of halogens is 1. The number of aryl methyl sites for hydroxylation is 1. The standard InChI is InChI=1S/C10H14BrN3O/c1-14-9(10(11)12-13-14)7-5-3-2-4-6-8(7)15/h7H,2-6H2,1H3. The molecule has 0 saturated heterocycles. The molecular formula is C10H14BrN3O. The Kier molecular flexibility index (Phi) is 3.19. The predicted molar refractivity (Wildman–Crippen MR) is 59.5 cm³/mol. The molecule has 15 heavy (non-hydrogen) atoms. The second kappa shape index (κ2) is 4.43. The van der Waals surface area contributed by atoms with Crippen LogP contribution >= 0.6 is 15.9 Å². The van der Waals surface area contributed by atoms with E-state index in [0.29, 0.717) is 16.8 Å². The number of hydrogen-bond acceptors (Lipinski definition) is 3. The lowest BCUT2D eigenvalue weighted by atomic mass is 9.96. The molecule has 0 aliphatic heterocycles. The van der Waals surface area contributed by atoms with Crippen molar-refractivity contribution in [2.45, 2.75) is 38.0 Å². The van der Waals surface area contributed by atoms with E-state index in [0.717, 1.165) is 31.4 Å². The maximum atomic E-state index is 11.9. The zero-order chi connectivity index (χ0) is 10.8. The Hall–Kier alpha value is -0.710. The van der Waals surface area contributed by atoms with Gasteiger partial charge in [-0.1, -0.05) is 18.1 Å². The van der Waals surface area contributed by atoms with E-state index in [1.54, 1.807) is 4.68 Å². The summed E-state index contributed by atoms with van der Waals surface area (Å²) in [6.07, 6.45) is 4.93. The molecule has 1 aromatic rings. The van der Waals surface area contributed by atoms with Crippen LogP contribution in [0, 0.1) is 0 Å². The Morgan fingerprint density at radius 1 is 1.40 bits per heavy atom. The van der Waals surface area contributed by atoms with Gasteiger partial charge < -0.3 is 0 Å². The summed E-state index contributed by atoms with van der Waals surface area (Å²) >= 11 is 3.36. The van der Waals surface area contributed by atoms with Crippen molar-refractivity contribution in [2.24, 2.45) is 7.05 Å². The first kappa shape index (κ1) is 10.8. The summed E-state index contributed by atoms with van der Waals surface area (Å²) in [4.78, 5) is 11.9. The molecule has 1 fully saturated rings. The molecule has 0 bridgehead atoms. The van der Waals surface area contributed by atoms with Crippen LogP contribution in [0.25, 0.3) is 0 Å². The van der Waals surface area contributed by atoms with Gasteiger partial charge in [-0.3, -0.25) is 9.48 Å². The van der Waals surface area contributed by atoms with Crippen molar-refractivity contribution in [3.63, 3.8) is 0 Å². The maximum absolute atomic E-state index is 11.9. The van der Waals surface area contributed by atoms with Gasteiger partial charge in [-0.25, -0.2) is 0 Å². The minimum atomic E-state index is -0.0122. The zero-order valence-electron chi connectivity index (χ0n) is 8.74. The minimum absolute atomic E-state index is 0.0122. The number of carbonyl (C=O) groups is 1. The first-order chi connectivity index (χ1) is 7.20. The monoisotopic (exact) mass is 271 g/mol. The van der Waals surface area contributed by atoms with E-state index in [9.17, 15) is 4.79 Å². The third-order valence-electron chi connectivity index (χ3n) is 2.96. The Labute approximate surface area is 97.2 Å². The number of hydrogen-bond donors (Lipinski definition) is 0. The Balaban J connectivity index is 2.31. The van der Waals surface area contributed by atoms with E-state index < -0.39 is 0 Å². The highest BCUT2D eigenvalue weighted by molar-refractivity contribution is 9.10. The van der Waals surface area contributed by atoms with Crippen LogP contribution in [0.15, 0.2) is 4.60 Å². The molecule has 0 radical (unpaired) electrons. The van der Waals surface area contributed by atoms with Gasteiger partial charge in [-0.15, -0.1) is 5.10 Å². The fraction of sp³-hybridized carbons (Fsp3) is 0.700. The highest BCUT2D eigenvalue weighted by Crippen LogP contribution is 2.31. The normalized spacial score (nSPS) is 22.8. The molecule has 1 heterocycles.